The molecule has 0 spiro atoms. The first-order valence-electron chi connectivity index (χ1n) is 8.04. The molecule has 1 fully saturated rings. The topological polar surface area (TPSA) is 20.3 Å². The van der Waals surface area contributed by atoms with Gasteiger partial charge in [-0.2, -0.15) is 0 Å². The Morgan fingerprint density at radius 3 is 2.50 bits per heavy atom. The number of benzene rings is 2. The molecule has 0 unspecified atom stereocenters. The van der Waals surface area contributed by atoms with Gasteiger partial charge in [0.2, 0.25) is 5.91 Å². The second-order valence-corrected chi connectivity index (χ2v) is 7.10. The molecule has 1 saturated carbocycles. The second kappa shape index (κ2) is 7.79. The summed E-state index contributed by atoms with van der Waals surface area (Å²) in [5.41, 5.74) is 0.821. The molecule has 24 heavy (non-hydrogen) atoms. The predicted octanol–water partition coefficient (Wildman–Crippen LogP) is 4.64. The van der Waals surface area contributed by atoms with Crippen LogP contribution in [0.5, 0.6) is 0 Å². The van der Waals surface area contributed by atoms with Crippen LogP contribution in [-0.2, 0) is 11.3 Å². The molecule has 1 aliphatic rings. The van der Waals surface area contributed by atoms with E-state index in [2.05, 4.69) is 0 Å². The molecule has 0 bridgehead atoms. The molecule has 0 aromatic heterocycles. The number of halogens is 2. The number of carbonyl (C=O) groups is 1. The van der Waals surface area contributed by atoms with Crippen LogP contribution in [0.25, 0.3) is 0 Å². The van der Waals surface area contributed by atoms with Gasteiger partial charge in [0, 0.05) is 29.7 Å². The van der Waals surface area contributed by atoms with Crippen molar-refractivity contribution in [2.75, 3.05) is 5.75 Å². The normalized spacial score (nSPS) is 13.8. The van der Waals surface area contributed by atoms with Crippen LogP contribution in [0.2, 0.25) is 0 Å². The standard InChI is InChI=1S/C19H19F2NOS/c20-15-4-8-18(9-5-15)24-11-10-19(23)22(17-6-7-17)13-14-2-1-3-16(21)12-14/h1-5,8-9,12,17H,6-7,10-11,13H2. The largest absolute Gasteiger partial charge is 0.335 e. The Morgan fingerprint density at radius 1 is 1.08 bits per heavy atom. The van der Waals surface area contributed by atoms with Crippen molar-refractivity contribution in [3.05, 3.63) is 65.7 Å². The first kappa shape index (κ1) is 17.0. The van der Waals surface area contributed by atoms with Gasteiger partial charge < -0.3 is 4.90 Å². The molecule has 0 atom stereocenters. The van der Waals surface area contributed by atoms with Crippen LogP contribution in [0.15, 0.2) is 53.4 Å². The van der Waals surface area contributed by atoms with Crippen molar-refractivity contribution >= 4 is 17.7 Å². The molecule has 2 nitrogen and oxygen atoms in total. The maximum Gasteiger partial charge on any atom is 0.223 e. The van der Waals surface area contributed by atoms with E-state index in [1.807, 2.05) is 11.0 Å². The summed E-state index contributed by atoms with van der Waals surface area (Å²) in [5, 5.41) is 0. The molecule has 3 rings (SSSR count). The lowest BCUT2D eigenvalue weighted by Crippen LogP contribution is -2.32. The van der Waals surface area contributed by atoms with Gasteiger partial charge >= 0.3 is 0 Å². The maximum atomic E-state index is 13.3. The lowest BCUT2D eigenvalue weighted by molar-refractivity contribution is -0.131. The summed E-state index contributed by atoms with van der Waals surface area (Å²) in [4.78, 5) is 15.3. The Bertz CT molecular complexity index is 701. The van der Waals surface area contributed by atoms with Crippen LogP contribution in [0.4, 0.5) is 8.78 Å². The van der Waals surface area contributed by atoms with E-state index in [0.29, 0.717) is 18.7 Å². The first-order valence-corrected chi connectivity index (χ1v) is 9.02. The monoisotopic (exact) mass is 347 g/mol. The smallest absolute Gasteiger partial charge is 0.223 e. The predicted molar refractivity (Wildman–Crippen MR) is 91.7 cm³/mol. The molecule has 1 amide bonds. The number of rotatable bonds is 7. The van der Waals surface area contributed by atoms with Gasteiger partial charge in [0.15, 0.2) is 0 Å². The van der Waals surface area contributed by atoms with E-state index < -0.39 is 0 Å². The van der Waals surface area contributed by atoms with Crippen LogP contribution in [0.1, 0.15) is 24.8 Å². The van der Waals surface area contributed by atoms with Crippen LogP contribution in [0.3, 0.4) is 0 Å². The first-order chi connectivity index (χ1) is 11.6. The highest BCUT2D eigenvalue weighted by Gasteiger charge is 2.32. The van der Waals surface area contributed by atoms with Gasteiger partial charge in [0.25, 0.3) is 0 Å². The van der Waals surface area contributed by atoms with Crippen LogP contribution < -0.4 is 0 Å². The summed E-state index contributed by atoms with van der Waals surface area (Å²) in [5.74, 6) is 0.209. The van der Waals surface area contributed by atoms with Crippen LogP contribution in [0, 0.1) is 11.6 Å². The number of hydrogen-bond donors (Lipinski definition) is 0. The number of nitrogens with zero attached hydrogens (tertiary/aromatic N) is 1. The third kappa shape index (κ3) is 4.81. The Kier molecular flexibility index (Phi) is 5.51. The molecule has 0 heterocycles. The highest BCUT2D eigenvalue weighted by Crippen LogP contribution is 2.29. The molecule has 0 saturated heterocycles. The third-order valence-corrected chi connectivity index (χ3v) is 4.96. The van der Waals surface area contributed by atoms with E-state index in [4.69, 9.17) is 0 Å². The number of hydrogen-bond acceptors (Lipinski definition) is 2. The molecule has 0 radical (unpaired) electrons. The molecule has 0 aliphatic heterocycles. The van der Waals surface area contributed by atoms with Crippen molar-refractivity contribution in [1.29, 1.82) is 0 Å². The Hall–Kier alpha value is -1.88. The Morgan fingerprint density at radius 2 is 1.83 bits per heavy atom. The number of thioether (sulfide) groups is 1. The zero-order valence-electron chi connectivity index (χ0n) is 13.3. The van der Waals surface area contributed by atoms with Crippen molar-refractivity contribution < 1.29 is 13.6 Å². The van der Waals surface area contributed by atoms with Crippen molar-refractivity contribution in [3.8, 4) is 0 Å². The molecule has 5 heteroatoms. The SMILES string of the molecule is O=C(CCSc1ccc(F)cc1)N(Cc1cccc(F)c1)C1CC1. The van der Waals surface area contributed by atoms with Crippen LogP contribution >= 0.6 is 11.8 Å². The van der Waals surface area contributed by atoms with E-state index in [-0.39, 0.29) is 23.6 Å². The Balaban J connectivity index is 1.53. The quantitative estimate of drug-likeness (QED) is 0.680. The minimum atomic E-state index is -0.275. The highest BCUT2D eigenvalue weighted by atomic mass is 32.2. The van der Waals surface area contributed by atoms with Gasteiger partial charge in [-0.1, -0.05) is 12.1 Å². The van der Waals surface area contributed by atoms with E-state index in [1.165, 1.54) is 24.3 Å². The number of carbonyl (C=O) groups excluding carboxylic acids is 1. The zero-order valence-corrected chi connectivity index (χ0v) is 14.1. The van der Waals surface area contributed by atoms with Gasteiger partial charge in [-0.15, -0.1) is 11.8 Å². The van der Waals surface area contributed by atoms with Crippen molar-refractivity contribution in [2.24, 2.45) is 0 Å². The third-order valence-electron chi connectivity index (χ3n) is 3.95. The van der Waals surface area contributed by atoms with Crippen molar-refractivity contribution in [1.82, 2.24) is 4.90 Å². The lowest BCUT2D eigenvalue weighted by atomic mass is 10.2. The molecular weight excluding hydrogens is 328 g/mol. The van der Waals surface area contributed by atoms with Gasteiger partial charge in [-0.05, 0) is 54.8 Å². The number of amides is 1. The summed E-state index contributed by atoms with van der Waals surface area (Å²) >= 11 is 1.54. The fourth-order valence-electron chi connectivity index (χ4n) is 2.57. The summed E-state index contributed by atoms with van der Waals surface area (Å²) in [6, 6.07) is 13.0. The highest BCUT2D eigenvalue weighted by molar-refractivity contribution is 7.99. The molecule has 126 valence electrons. The molecular formula is C19H19F2NOS. The van der Waals surface area contributed by atoms with Gasteiger partial charge in [0.05, 0.1) is 0 Å². The van der Waals surface area contributed by atoms with Gasteiger partial charge in [-0.3, -0.25) is 4.79 Å². The molecule has 1 aliphatic carbocycles. The summed E-state index contributed by atoms with van der Waals surface area (Å²) in [7, 11) is 0. The Labute approximate surface area is 144 Å². The van der Waals surface area contributed by atoms with E-state index in [0.717, 1.165) is 23.3 Å². The van der Waals surface area contributed by atoms with E-state index in [1.54, 1.807) is 30.0 Å². The van der Waals surface area contributed by atoms with Gasteiger partial charge in [-0.25, -0.2) is 8.78 Å². The minimum absolute atomic E-state index is 0.0939. The molecule has 0 N–H and O–H groups in total. The van der Waals surface area contributed by atoms with Crippen molar-refractivity contribution in [3.63, 3.8) is 0 Å². The maximum absolute atomic E-state index is 13.3. The minimum Gasteiger partial charge on any atom is -0.335 e. The average molecular weight is 347 g/mol. The fraction of sp³-hybridized carbons (Fsp3) is 0.316. The van der Waals surface area contributed by atoms with Crippen molar-refractivity contribution in [2.45, 2.75) is 36.7 Å². The van der Waals surface area contributed by atoms with Gasteiger partial charge in [0.1, 0.15) is 11.6 Å². The summed E-state index contributed by atoms with van der Waals surface area (Å²) in [6.07, 6.45) is 2.46. The summed E-state index contributed by atoms with van der Waals surface area (Å²) < 4.78 is 26.2. The van der Waals surface area contributed by atoms with E-state index >= 15 is 0 Å². The zero-order chi connectivity index (χ0) is 16.9. The lowest BCUT2D eigenvalue weighted by Gasteiger charge is -2.22. The van der Waals surface area contributed by atoms with E-state index in [9.17, 15) is 13.6 Å². The van der Waals surface area contributed by atoms with Crippen LogP contribution in [-0.4, -0.2) is 22.6 Å². The second-order valence-electron chi connectivity index (χ2n) is 5.94. The average Bonchev–Trinajstić information content (AvgIpc) is 3.39. The summed E-state index contributed by atoms with van der Waals surface area (Å²) in [6.45, 7) is 0.461. The molecule has 2 aromatic rings. The fourth-order valence-corrected chi connectivity index (χ4v) is 3.41. The molecule has 2 aromatic carbocycles.